The molecule has 1 aromatic heterocycles. The fraction of sp³-hybridized carbons (Fsp3) is 0.200. The van der Waals surface area contributed by atoms with E-state index in [9.17, 15) is 0 Å². The first kappa shape index (κ1) is 19.2. The van der Waals surface area contributed by atoms with E-state index in [0.29, 0.717) is 0 Å². The monoisotopic (exact) mass is 369 g/mol. The van der Waals surface area contributed by atoms with Crippen molar-refractivity contribution in [1.82, 2.24) is 4.98 Å². The number of anilines is 2. The van der Waals surface area contributed by atoms with Crippen molar-refractivity contribution in [3.8, 4) is 0 Å². The minimum absolute atomic E-state index is 0.884. The molecule has 1 aromatic carbocycles. The first-order chi connectivity index (χ1) is 12.1. The van der Waals surface area contributed by atoms with E-state index >= 15 is 0 Å². The van der Waals surface area contributed by atoms with Gasteiger partial charge in [-0.3, -0.25) is 4.99 Å². The lowest BCUT2D eigenvalue weighted by atomic mass is 10.2. The average molecular weight is 370 g/mol. The fourth-order valence-corrected chi connectivity index (χ4v) is 3.20. The molecule has 0 bridgehead atoms. The molecule has 1 N–H and O–H groups in total. The Morgan fingerprint density at radius 2 is 2.12 bits per heavy atom. The zero-order valence-corrected chi connectivity index (χ0v) is 16.6. The quantitative estimate of drug-likeness (QED) is 0.341. The Hall–Kier alpha value is -2.11. The Labute approximate surface area is 158 Å². The first-order valence-electron chi connectivity index (χ1n) is 8.00. The molecule has 0 fully saturated rings. The lowest BCUT2D eigenvalue weighted by Crippen LogP contribution is -1.90. The molecule has 3 nitrogen and oxygen atoms in total. The summed E-state index contributed by atoms with van der Waals surface area (Å²) in [5, 5.41) is 6.30. The second kappa shape index (κ2) is 10.0. The van der Waals surface area contributed by atoms with Gasteiger partial charge in [0.2, 0.25) is 0 Å². The SMILES string of the molecule is C\C=C/C=C\C(C)=N\C=C(/C)c1csc(Nc2cccc(SC)c2)n1. The van der Waals surface area contributed by atoms with E-state index in [1.54, 1.807) is 23.1 Å². The smallest absolute Gasteiger partial charge is 0.187 e. The van der Waals surface area contributed by atoms with Crippen LogP contribution in [0.25, 0.3) is 5.57 Å². The van der Waals surface area contributed by atoms with Gasteiger partial charge in [-0.25, -0.2) is 4.98 Å². The number of nitrogens with one attached hydrogen (secondary N) is 1. The van der Waals surface area contributed by atoms with Gasteiger partial charge in [0.15, 0.2) is 5.13 Å². The van der Waals surface area contributed by atoms with Gasteiger partial charge >= 0.3 is 0 Å². The van der Waals surface area contributed by atoms with Gasteiger partial charge in [-0.05, 0) is 56.9 Å². The highest BCUT2D eigenvalue weighted by Gasteiger charge is 2.04. The highest BCUT2D eigenvalue weighted by atomic mass is 32.2. The first-order valence-corrected chi connectivity index (χ1v) is 10.1. The normalized spacial score (nSPS) is 13.1. The third kappa shape index (κ3) is 6.36. The number of nitrogens with zero attached hydrogens (tertiary/aromatic N) is 2. The number of thioether (sulfide) groups is 1. The summed E-state index contributed by atoms with van der Waals surface area (Å²) in [6.07, 6.45) is 11.9. The molecule has 2 aromatic rings. The molecule has 0 radical (unpaired) electrons. The average Bonchev–Trinajstić information content (AvgIpc) is 3.08. The van der Waals surface area contributed by atoms with E-state index < -0.39 is 0 Å². The van der Waals surface area contributed by atoms with Gasteiger partial charge in [-0.15, -0.1) is 23.1 Å². The number of rotatable bonds is 7. The van der Waals surface area contributed by atoms with Gasteiger partial charge in [0.1, 0.15) is 0 Å². The second-order valence-electron chi connectivity index (χ2n) is 5.36. The minimum Gasteiger partial charge on any atom is -0.332 e. The Morgan fingerprint density at radius 1 is 1.28 bits per heavy atom. The van der Waals surface area contributed by atoms with Crippen LogP contribution in [0.15, 0.2) is 70.0 Å². The second-order valence-corrected chi connectivity index (χ2v) is 7.10. The van der Waals surface area contributed by atoms with Crippen molar-refractivity contribution in [2.24, 2.45) is 4.99 Å². The molecule has 0 atom stereocenters. The van der Waals surface area contributed by atoms with E-state index in [0.717, 1.165) is 27.8 Å². The molecule has 0 aliphatic carbocycles. The summed E-state index contributed by atoms with van der Waals surface area (Å²) in [6.45, 7) is 6.00. The molecular formula is C20H23N3S2. The summed E-state index contributed by atoms with van der Waals surface area (Å²) in [4.78, 5) is 10.3. The Balaban J connectivity index is 2.06. The van der Waals surface area contributed by atoms with Gasteiger partial charge < -0.3 is 5.32 Å². The van der Waals surface area contributed by atoms with Gasteiger partial charge in [0, 0.05) is 27.9 Å². The highest BCUT2D eigenvalue weighted by molar-refractivity contribution is 7.98. The van der Waals surface area contributed by atoms with Crippen LogP contribution in [-0.2, 0) is 0 Å². The van der Waals surface area contributed by atoms with Crippen molar-refractivity contribution in [2.75, 3.05) is 11.6 Å². The lowest BCUT2D eigenvalue weighted by molar-refractivity contribution is 1.31. The lowest BCUT2D eigenvalue weighted by Gasteiger charge is -2.04. The number of benzene rings is 1. The fourth-order valence-electron chi connectivity index (χ4n) is 1.95. The summed E-state index contributed by atoms with van der Waals surface area (Å²) in [7, 11) is 0. The number of hydrogen-bond donors (Lipinski definition) is 1. The van der Waals surface area contributed by atoms with Gasteiger partial charge in [-0.2, -0.15) is 0 Å². The molecule has 0 saturated heterocycles. The Kier molecular flexibility index (Phi) is 7.70. The third-order valence-electron chi connectivity index (χ3n) is 3.33. The molecule has 0 amide bonds. The van der Waals surface area contributed by atoms with E-state index in [1.807, 2.05) is 68.8 Å². The van der Waals surface area contributed by atoms with Gasteiger partial charge in [0.25, 0.3) is 0 Å². The van der Waals surface area contributed by atoms with E-state index in [1.165, 1.54) is 4.90 Å². The summed E-state index contributed by atoms with van der Waals surface area (Å²) < 4.78 is 0. The number of thiazole rings is 1. The predicted octanol–water partition coefficient (Wildman–Crippen LogP) is 6.56. The minimum atomic E-state index is 0.884. The van der Waals surface area contributed by atoms with Crippen LogP contribution in [0.3, 0.4) is 0 Å². The molecule has 0 spiro atoms. The molecule has 0 saturated carbocycles. The Morgan fingerprint density at radius 3 is 2.88 bits per heavy atom. The van der Waals surface area contributed by atoms with E-state index in [-0.39, 0.29) is 0 Å². The molecule has 5 heteroatoms. The summed E-state index contributed by atoms with van der Waals surface area (Å²) in [5.74, 6) is 0. The van der Waals surface area contributed by atoms with Crippen LogP contribution in [0.4, 0.5) is 10.8 Å². The van der Waals surface area contributed by atoms with Crippen LogP contribution in [0.2, 0.25) is 0 Å². The summed E-state index contributed by atoms with van der Waals surface area (Å²) in [6, 6.07) is 8.32. The maximum atomic E-state index is 4.65. The van der Waals surface area contributed by atoms with Crippen LogP contribution in [0, 0.1) is 0 Å². The number of aromatic nitrogens is 1. The molecule has 2 rings (SSSR count). The van der Waals surface area contributed by atoms with Crippen LogP contribution < -0.4 is 5.32 Å². The number of aliphatic imine (C=N–C) groups is 1. The molecular weight excluding hydrogens is 346 g/mol. The van der Waals surface area contributed by atoms with Crippen LogP contribution >= 0.6 is 23.1 Å². The van der Waals surface area contributed by atoms with Gasteiger partial charge in [-0.1, -0.05) is 24.3 Å². The summed E-state index contributed by atoms with van der Waals surface area (Å²) in [5.41, 5.74) is 4.00. The van der Waals surface area contributed by atoms with Crippen molar-refractivity contribution in [3.05, 3.63) is 65.8 Å². The zero-order chi connectivity index (χ0) is 18.1. The molecule has 0 aliphatic heterocycles. The summed E-state index contributed by atoms with van der Waals surface area (Å²) >= 11 is 3.33. The van der Waals surface area contributed by atoms with Crippen LogP contribution in [0.1, 0.15) is 26.5 Å². The topological polar surface area (TPSA) is 37.3 Å². The maximum absolute atomic E-state index is 4.65. The zero-order valence-electron chi connectivity index (χ0n) is 15.0. The van der Waals surface area contributed by atoms with Crippen LogP contribution in [0.5, 0.6) is 0 Å². The van der Waals surface area contributed by atoms with Crippen molar-refractivity contribution in [3.63, 3.8) is 0 Å². The molecule has 25 heavy (non-hydrogen) atoms. The number of allylic oxidation sites excluding steroid dienone is 5. The van der Waals surface area contributed by atoms with Crippen LogP contribution in [-0.4, -0.2) is 17.0 Å². The Bertz CT molecular complexity index is 814. The van der Waals surface area contributed by atoms with E-state index in [4.69, 9.17) is 0 Å². The molecule has 1 heterocycles. The molecule has 0 aliphatic rings. The number of hydrogen-bond acceptors (Lipinski definition) is 5. The van der Waals surface area contributed by atoms with Gasteiger partial charge in [0.05, 0.1) is 5.69 Å². The standard InChI is InChI=1S/C20H23N3S2/c1-5-6-7-9-16(3)21-13-15(2)19-14-25-20(23-19)22-17-10-8-11-18(12-17)24-4/h5-14H,1-4H3,(H,22,23)/b6-5-,9-7-,15-13+,21-16+. The van der Waals surface area contributed by atoms with E-state index in [2.05, 4.69) is 33.7 Å². The van der Waals surface area contributed by atoms with Crippen molar-refractivity contribution < 1.29 is 0 Å². The molecule has 130 valence electrons. The van der Waals surface area contributed by atoms with Crippen molar-refractivity contribution in [1.29, 1.82) is 0 Å². The van der Waals surface area contributed by atoms with Crippen molar-refractivity contribution >= 4 is 45.2 Å². The predicted molar refractivity (Wildman–Crippen MR) is 114 cm³/mol. The largest absolute Gasteiger partial charge is 0.332 e. The third-order valence-corrected chi connectivity index (χ3v) is 4.82. The molecule has 0 unspecified atom stereocenters. The van der Waals surface area contributed by atoms with Crippen molar-refractivity contribution in [2.45, 2.75) is 25.7 Å². The maximum Gasteiger partial charge on any atom is 0.187 e. The highest BCUT2D eigenvalue weighted by Crippen LogP contribution is 2.26.